The van der Waals surface area contributed by atoms with E-state index >= 15 is 0 Å². The molecule has 0 bridgehead atoms. The van der Waals surface area contributed by atoms with Crippen LogP contribution in [0.25, 0.3) is 0 Å². The van der Waals surface area contributed by atoms with Crippen molar-refractivity contribution in [3.8, 4) is 0 Å². The van der Waals surface area contributed by atoms with Gasteiger partial charge in [0.2, 0.25) is 0 Å². The molecule has 0 unspecified atom stereocenters. The first-order valence-electron chi connectivity index (χ1n) is 6.34. The van der Waals surface area contributed by atoms with E-state index in [1.54, 1.807) is 13.2 Å². The second-order valence-corrected chi connectivity index (χ2v) is 4.11. The van der Waals surface area contributed by atoms with Gasteiger partial charge in [0.1, 0.15) is 0 Å². The zero-order chi connectivity index (χ0) is 13.3. The molecule has 0 aliphatic heterocycles. The summed E-state index contributed by atoms with van der Waals surface area (Å²) in [7, 11) is 1.77. The van der Waals surface area contributed by atoms with Gasteiger partial charge in [-0.05, 0) is 11.6 Å². The Morgan fingerprint density at radius 2 is 2.00 bits per heavy atom. The molecule has 5 nitrogen and oxygen atoms in total. The van der Waals surface area contributed by atoms with Gasteiger partial charge in [0, 0.05) is 32.5 Å². The molecule has 0 aliphatic rings. The van der Waals surface area contributed by atoms with Gasteiger partial charge in [-0.2, -0.15) is 5.10 Å². The summed E-state index contributed by atoms with van der Waals surface area (Å²) >= 11 is 0. The molecule has 20 heavy (non-hydrogen) atoms. The van der Waals surface area contributed by atoms with Crippen LogP contribution in [0, 0.1) is 0 Å². The third-order valence-electron chi connectivity index (χ3n) is 2.72. The minimum atomic E-state index is 0. The summed E-state index contributed by atoms with van der Waals surface area (Å²) in [6.07, 6.45) is 3.73. The van der Waals surface area contributed by atoms with Crippen LogP contribution in [0.5, 0.6) is 0 Å². The summed E-state index contributed by atoms with van der Waals surface area (Å²) < 4.78 is 1.89. The van der Waals surface area contributed by atoms with Gasteiger partial charge < -0.3 is 10.6 Å². The van der Waals surface area contributed by atoms with E-state index in [4.69, 9.17) is 0 Å². The molecule has 1 heterocycles. The van der Waals surface area contributed by atoms with Crippen LogP contribution in [0.1, 0.15) is 5.56 Å². The Balaban J connectivity index is 0.00000200. The molecule has 0 saturated carbocycles. The Labute approximate surface area is 136 Å². The topological polar surface area (TPSA) is 54.2 Å². The van der Waals surface area contributed by atoms with Gasteiger partial charge in [-0.1, -0.05) is 30.3 Å². The SMILES string of the molecule is CN=C(NCCn1cccn1)NCc1ccccc1.I. The van der Waals surface area contributed by atoms with Crippen molar-refractivity contribution in [1.29, 1.82) is 0 Å². The van der Waals surface area contributed by atoms with E-state index in [0.29, 0.717) is 0 Å². The fraction of sp³-hybridized carbons (Fsp3) is 0.286. The number of hydrogen-bond donors (Lipinski definition) is 2. The molecule has 0 saturated heterocycles. The lowest BCUT2D eigenvalue weighted by Gasteiger charge is -2.11. The zero-order valence-corrected chi connectivity index (χ0v) is 13.8. The molecule has 2 aromatic rings. The minimum Gasteiger partial charge on any atom is -0.355 e. The van der Waals surface area contributed by atoms with E-state index < -0.39 is 0 Å². The monoisotopic (exact) mass is 385 g/mol. The Hall–Kier alpha value is -1.57. The van der Waals surface area contributed by atoms with Gasteiger partial charge in [0.05, 0.1) is 6.54 Å². The van der Waals surface area contributed by atoms with Crippen molar-refractivity contribution in [2.45, 2.75) is 13.1 Å². The van der Waals surface area contributed by atoms with Gasteiger partial charge in [-0.25, -0.2) is 0 Å². The maximum Gasteiger partial charge on any atom is 0.191 e. The lowest BCUT2D eigenvalue weighted by molar-refractivity contribution is 0.597. The molecule has 2 rings (SSSR count). The summed E-state index contributed by atoms with van der Waals surface area (Å²) in [5, 5.41) is 10.7. The quantitative estimate of drug-likeness (QED) is 0.470. The lowest BCUT2D eigenvalue weighted by Crippen LogP contribution is -2.38. The fourth-order valence-corrected chi connectivity index (χ4v) is 1.72. The average Bonchev–Trinajstić information content (AvgIpc) is 2.97. The van der Waals surface area contributed by atoms with Gasteiger partial charge in [-0.3, -0.25) is 9.67 Å². The molecule has 0 aliphatic carbocycles. The van der Waals surface area contributed by atoms with Crippen LogP contribution < -0.4 is 10.6 Å². The van der Waals surface area contributed by atoms with Crippen molar-refractivity contribution in [3.63, 3.8) is 0 Å². The van der Waals surface area contributed by atoms with Gasteiger partial charge in [0.15, 0.2) is 5.96 Å². The predicted octanol–water partition coefficient (Wildman–Crippen LogP) is 1.87. The summed E-state index contributed by atoms with van der Waals surface area (Å²) in [6.45, 7) is 2.37. The number of aliphatic imine (C=N–C) groups is 1. The molecule has 0 radical (unpaired) electrons. The molecule has 0 spiro atoms. The molecule has 0 amide bonds. The van der Waals surface area contributed by atoms with Crippen molar-refractivity contribution < 1.29 is 0 Å². The van der Waals surface area contributed by atoms with E-state index in [1.807, 2.05) is 35.1 Å². The molecule has 1 aromatic heterocycles. The van der Waals surface area contributed by atoms with Crippen LogP contribution >= 0.6 is 24.0 Å². The van der Waals surface area contributed by atoms with Gasteiger partial charge >= 0.3 is 0 Å². The third-order valence-corrected chi connectivity index (χ3v) is 2.72. The number of nitrogens with zero attached hydrogens (tertiary/aromatic N) is 3. The van der Waals surface area contributed by atoms with Gasteiger partial charge in [-0.15, -0.1) is 24.0 Å². The lowest BCUT2D eigenvalue weighted by atomic mass is 10.2. The summed E-state index contributed by atoms with van der Waals surface area (Å²) in [4.78, 5) is 4.19. The fourth-order valence-electron chi connectivity index (χ4n) is 1.72. The Kier molecular flexibility index (Phi) is 7.71. The normalized spacial score (nSPS) is 10.8. The highest BCUT2D eigenvalue weighted by Gasteiger charge is 1.97. The van der Waals surface area contributed by atoms with Crippen LogP contribution in [0.3, 0.4) is 0 Å². The molecule has 0 atom stereocenters. The number of hydrogen-bond acceptors (Lipinski definition) is 2. The van der Waals surface area contributed by atoms with Crippen LogP contribution in [0.4, 0.5) is 0 Å². The van der Waals surface area contributed by atoms with E-state index in [2.05, 4.69) is 32.9 Å². The zero-order valence-electron chi connectivity index (χ0n) is 11.5. The Morgan fingerprint density at radius 1 is 1.20 bits per heavy atom. The smallest absolute Gasteiger partial charge is 0.191 e. The first kappa shape index (κ1) is 16.5. The predicted molar refractivity (Wildman–Crippen MR) is 92.3 cm³/mol. The summed E-state index contributed by atoms with van der Waals surface area (Å²) in [6, 6.07) is 12.2. The summed E-state index contributed by atoms with van der Waals surface area (Å²) in [5.74, 6) is 0.802. The molecular formula is C14H20IN5. The highest BCUT2D eigenvalue weighted by atomic mass is 127. The van der Waals surface area contributed by atoms with E-state index in [9.17, 15) is 0 Å². The van der Waals surface area contributed by atoms with E-state index in [0.717, 1.165) is 25.6 Å². The second kappa shape index (κ2) is 9.35. The van der Waals surface area contributed by atoms with Crippen molar-refractivity contribution in [1.82, 2.24) is 20.4 Å². The van der Waals surface area contributed by atoms with E-state index in [-0.39, 0.29) is 24.0 Å². The number of aromatic nitrogens is 2. The van der Waals surface area contributed by atoms with Crippen molar-refractivity contribution in [2.24, 2.45) is 4.99 Å². The maximum absolute atomic E-state index is 4.19. The highest BCUT2D eigenvalue weighted by molar-refractivity contribution is 14.0. The van der Waals surface area contributed by atoms with Gasteiger partial charge in [0.25, 0.3) is 0 Å². The number of guanidine groups is 1. The molecule has 0 fully saturated rings. The average molecular weight is 385 g/mol. The Bertz CT molecular complexity index is 496. The molecule has 2 N–H and O–H groups in total. The highest BCUT2D eigenvalue weighted by Crippen LogP contribution is 1.96. The second-order valence-electron chi connectivity index (χ2n) is 4.11. The minimum absolute atomic E-state index is 0. The van der Waals surface area contributed by atoms with E-state index in [1.165, 1.54) is 5.56 Å². The van der Waals surface area contributed by atoms with Crippen molar-refractivity contribution in [2.75, 3.05) is 13.6 Å². The molecule has 6 heteroatoms. The number of nitrogens with one attached hydrogen (secondary N) is 2. The van der Waals surface area contributed by atoms with Crippen molar-refractivity contribution in [3.05, 3.63) is 54.4 Å². The van der Waals surface area contributed by atoms with Crippen molar-refractivity contribution >= 4 is 29.9 Å². The van der Waals surface area contributed by atoms with Crippen LogP contribution in [-0.4, -0.2) is 29.3 Å². The number of rotatable bonds is 5. The first-order chi connectivity index (χ1) is 9.38. The largest absolute Gasteiger partial charge is 0.355 e. The van der Waals surface area contributed by atoms with Crippen LogP contribution in [-0.2, 0) is 13.1 Å². The standard InChI is InChI=1S/C14H19N5.HI/c1-15-14(16-9-11-19-10-5-8-18-19)17-12-13-6-3-2-4-7-13;/h2-8,10H,9,11-12H2,1H3,(H2,15,16,17);1H. The molecular weight excluding hydrogens is 365 g/mol. The maximum atomic E-state index is 4.19. The molecule has 1 aromatic carbocycles. The number of halogens is 1. The number of benzene rings is 1. The van der Waals surface area contributed by atoms with Crippen LogP contribution in [0.15, 0.2) is 53.8 Å². The Morgan fingerprint density at radius 3 is 2.65 bits per heavy atom. The third kappa shape index (κ3) is 5.60. The summed E-state index contributed by atoms with van der Waals surface area (Å²) in [5.41, 5.74) is 1.23. The molecule has 108 valence electrons. The van der Waals surface area contributed by atoms with Crippen LogP contribution in [0.2, 0.25) is 0 Å². The first-order valence-corrected chi connectivity index (χ1v) is 6.34.